The Morgan fingerprint density at radius 2 is 1.78 bits per heavy atom. The fourth-order valence-electron chi connectivity index (χ4n) is 2.38. The van der Waals surface area contributed by atoms with Gasteiger partial charge in [0, 0.05) is 18.1 Å². The van der Waals surface area contributed by atoms with E-state index in [4.69, 9.17) is 28.0 Å². The Labute approximate surface area is 158 Å². The van der Waals surface area contributed by atoms with E-state index in [1.807, 2.05) is 60.5 Å². The largest absolute Gasteiger partial charge is 1.00 e. The van der Waals surface area contributed by atoms with Crippen LogP contribution in [0.1, 0.15) is 7.25 Å². The van der Waals surface area contributed by atoms with Crippen LogP contribution in [0.15, 0.2) is 48.5 Å². The number of nitrogens with zero attached hydrogens (tertiary/aromatic N) is 3. The molecule has 3 N–H and O–H groups in total. The molecule has 3 aromatic rings. The smallest absolute Gasteiger partial charge is 0.726 e. The van der Waals surface area contributed by atoms with Crippen molar-refractivity contribution in [2.45, 2.75) is 6.54 Å². The summed E-state index contributed by atoms with van der Waals surface area (Å²) in [5.41, 5.74) is 7.64. The third kappa shape index (κ3) is 5.86. The number of nitrogens with two attached hydrogens (primary N) is 1. The van der Waals surface area contributed by atoms with Gasteiger partial charge in [-0.1, -0.05) is 12.1 Å². The van der Waals surface area contributed by atoms with Crippen molar-refractivity contribution in [3.8, 4) is 5.75 Å². The average molecular weight is 392 g/mol. The van der Waals surface area contributed by atoms with Crippen LogP contribution in [0.5, 0.6) is 5.75 Å². The number of rotatable bonds is 4. The van der Waals surface area contributed by atoms with E-state index in [1.54, 1.807) is 7.11 Å². The van der Waals surface area contributed by atoms with Crippen molar-refractivity contribution < 1.29 is 23.7 Å². The van der Waals surface area contributed by atoms with Gasteiger partial charge in [-0.2, -0.15) is 0 Å². The Balaban J connectivity index is 0.000000584. The van der Waals surface area contributed by atoms with Crippen molar-refractivity contribution in [2.24, 2.45) is 5.73 Å². The van der Waals surface area contributed by atoms with E-state index in [9.17, 15) is 0 Å². The Morgan fingerprint density at radius 3 is 2.33 bits per heavy atom. The van der Waals surface area contributed by atoms with E-state index in [0.717, 1.165) is 28.2 Å². The lowest BCUT2D eigenvalue weighted by molar-refractivity contribution is 0.366. The maximum absolute atomic E-state index is 8.63. The molecule has 3 rings (SSSR count). The first-order valence-corrected chi connectivity index (χ1v) is 9.11. The number of ether oxygens (including phenoxy) is 1. The minimum atomic E-state index is -4.92. The van der Waals surface area contributed by atoms with Crippen LogP contribution in [0.4, 0.5) is 11.5 Å². The zero-order chi connectivity index (χ0) is 20.0. The summed E-state index contributed by atoms with van der Waals surface area (Å²) in [6.45, 7) is 0.314. The molecule has 0 saturated heterocycles. The molecule has 2 aromatic carbocycles. The third-order valence-electron chi connectivity index (χ3n) is 3.59. The van der Waals surface area contributed by atoms with E-state index in [0.29, 0.717) is 12.4 Å². The van der Waals surface area contributed by atoms with Crippen molar-refractivity contribution in [2.75, 3.05) is 19.1 Å². The van der Waals surface area contributed by atoms with E-state index >= 15 is 0 Å². The van der Waals surface area contributed by atoms with Gasteiger partial charge in [0.25, 0.3) is 0 Å². The van der Waals surface area contributed by atoms with E-state index in [-0.39, 0.29) is 1.43 Å². The maximum atomic E-state index is 8.63. The number of hydrogen-bond donors (Lipinski definition) is 2. The molecule has 0 aliphatic carbocycles. The third-order valence-corrected chi connectivity index (χ3v) is 3.59. The van der Waals surface area contributed by atoms with Gasteiger partial charge in [0.15, 0.2) is 0 Å². The van der Waals surface area contributed by atoms with Crippen LogP contribution in [0.2, 0.25) is 0 Å². The predicted molar refractivity (Wildman–Crippen MR) is 102 cm³/mol. The monoisotopic (exact) mass is 392 g/mol. The number of aromatic nitrogens is 2. The maximum Gasteiger partial charge on any atom is 1.00 e. The van der Waals surface area contributed by atoms with E-state index < -0.39 is 10.4 Å². The van der Waals surface area contributed by atoms with Crippen molar-refractivity contribution in [3.05, 3.63) is 54.4 Å². The molecule has 10 heteroatoms. The molecule has 1 aromatic heterocycles. The minimum absolute atomic E-state index is 0. The molecule has 0 aliphatic heterocycles. The zero-order valence-electron chi connectivity index (χ0n) is 15.7. The van der Waals surface area contributed by atoms with Crippen LogP contribution in [-0.2, 0) is 16.9 Å². The lowest BCUT2D eigenvalue weighted by Gasteiger charge is -2.21. The molecule has 9 nitrogen and oxygen atoms in total. The molecule has 0 spiro atoms. The first kappa shape index (κ1) is 20.5. The number of methoxy groups -OCH3 is 1. The molecule has 1 heterocycles. The van der Waals surface area contributed by atoms with Crippen LogP contribution in [-0.4, -0.2) is 41.6 Å². The number of fused-ring (bicyclic) bond motifs is 1. The summed E-state index contributed by atoms with van der Waals surface area (Å²) in [6.07, 6.45) is 0. The molecular formula is C17H20N4O5S. The topological polar surface area (TPSA) is 142 Å². The molecule has 0 radical (unpaired) electrons. The summed E-state index contributed by atoms with van der Waals surface area (Å²) in [7, 11) is -1.28. The molecule has 144 valence electrons. The fraction of sp³-hybridized carbons (Fsp3) is 0.176. The molecule has 0 aliphatic rings. The van der Waals surface area contributed by atoms with Gasteiger partial charge in [-0.3, -0.25) is 4.55 Å². The highest BCUT2D eigenvalue weighted by Gasteiger charge is 2.12. The summed E-state index contributed by atoms with van der Waals surface area (Å²) in [6, 6.07) is 15.8. The van der Waals surface area contributed by atoms with Crippen molar-refractivity contribution in [1.29, 1.82) is 0 Å². The molecule has 0 amide bonds. The fourth-order valence-corrected chi connectivity index (χ4v) is 2.38. The van der Waals surface area contributed by atoms with Gasteiger partial charge in [0.1, 0.15) is 17.4 Å². The molecule has 0 bridgehead atoms. The van der Waals surface area contributed by atoms with Crippen LogP contribution in [0.3, 0.4) is 0 Å². The Hall–Kier alpha value is -2.79. The quantitative estimate of drug-likeness (QED) is 0.503. The summed E-state index contributed by atoms with van der Waals surface area (Å²) in [5.74, 6) is 2.30. The highest BCUT2D eigenvalue weighted by molar-refractivity contribution is 7.79. The van der Waals surface area contributed by atoms with E-state index in [1.165, 1.54) is 0 Å². The molecule has 0 fully saturated rings. The summed E-state index contributed by atoms with van der Waals surface area (Å²) < 4.78 is 38.0. The second kappa shape index (κ2) is 8.73. The first-order chi connectivity index (χ1) is 12.7. The van der Waals surface area contributed by atoms with Crippen LogP contribution < -0.4 is 15.4 Å². The summed E-state index contributed by atoms with van der Waals surface area (Å²) >= 11 is 0. The van der Waals surface area contributed by atoms with Gasteiger partial charge < -0.3 is 19.9 Å². The molecule has 0 atom stereocenters. The lowest BCUT2D eigenvalue weighted by Crippen LogP contribution is -2.14. The minimum Gasteiger partial charge on any atom is -0.726 e. The molecule has 0 unspecified atom stereocenters. The van der Waals surface area contributed by atoms with Crippen LogP contribution >= 0.6 is 0 Å². The summed E-state index contributed by atoms with van der Waals surface area (Å²) in [4.78, 5) is 11.1. The van der Waals surface area contributed by atoms with Gasteiger partial charge in [0.05, 0.1) is 19.2 Å². The van der Waals surface area contributed by atoms with Crippen LogP contribution in [0, 0.1) is 0 Å². The Morgan fingerprint density at radius 1 is 1.19 bits per heavy atom. The van der Waals surface area contributed by atoms with Gasteiger partial charge in [-0.05, 0) is 36.4 Å². The number of para-hydroxylation sites is 1. The summed E-state index contributed by atoms with van der Waals surface area (Å²) in [5, 5.41) is 0.998. The normalized spacial score (nSPS) is 10.9. The van der Waals surface area contributed by atoms with E-state index in [2.05, 4.69) is 9.97 Å². The van der Waals surface area contributed by atoms with Gasteiger partial charge in [-0.15, -0.1) is 0 Å². The highest BCUT2D eigenvalue weighted by atomic mass is 32.3. The number of hydrogen-bond acceptors (Lipinski definition) is 8. The second-order valence-corrected chi connectivity index (χ2v) is 6.22. The average Bonchev–Trinajstić information content (AvgIpc) is 2.65. The van der Waals surface area contributed by atoms with Gasteiger partial charge in [0.2, 0.25) is 10.4 Å². The van der Waals surface area contributed by atoms with Crippen LogP contribution in [0.25, 0.3) is 10.9 Å². The lowest BCUT2D eigenvalue weighted by atomic mass is 10.2. The van der Waals surface area contributed by atoms with Crippen molar-refractivity contribution in [1.82, 2.24) is 9.97 Å². The molecule has 0 saturated carbocycles. The highest BCUT2D eigenvalue weighted by Crippen LogP contribution is 2.29. The number of benzene rings is 2. The molecule has 27 heavy (non-hydrogen) atoms. The zero-order valence-corrected chi connectivity index (χ0v) is 15.5. The molecular weight excluding hydrogens is 372 g/mol. The SMILES string of the molecule is COc1ccc(N(C)c2nc(CN)nc3ccccc23)cc1.O=S(=O)([O-])O.[H+]. The first-order valence-electron chi connectivity index (χ1n) is 7.74. The van der Waals surface area contributed by atoms with Crippen molar-refractivity contribution in [3.63, 3.8) is 0 Å². The predicted octanol–water partition coefficient (Wildman–Crippen LogP) is 1.98. The van der Waals surface area contributed by atoms with Crippen molar-refractivity contribution >= 4 is 32.8 Å². The second-order valence-electron chi connectivity index (χ2n) is 5.37. The van der Waals surface area contributed by atoms with Gasteiger partial charge >= 0.3 is 1.43 Å². The number of anilines is 2. The Bertz CT molecular complexity index is 1010. The standard InChI is InChI=1S/C17H18N4O.H2O4S/c1-21(12-7-9-13(22-2)10-8-12)17-14-5-3-4-6-15(14)19-16(11-18)20-17;1-5(2,3)4/h3-10H,11,18H2,1-2H3;(H2,1,2,3,4). The Kier molecular flexibility index (Phi) is 6.64. The van der Waals surface area contributed by atoms with Gasteiger partial charge in [-0.25, -0.2) is 18.4 Å².